The van der Waals surface area contributed by atoms with Gasteiger partial charge in [-0.05, 0) is 69.1 Å². The molecule has 13 heteroatoms. The molecule has 6 nitrogen and oxygen atoms in total. The van der Waals surface area contributed by atoms with Gasteiger partial charge in [-0.25, -0.2) is 0 Å². The Morgan fingerprint density at radius 1 is 1.06 bits per heavy atom. The normalized spacial score (nSPS) is 12.4. The van der Waals surface area contributed by atoms with Gasteiger partial charge in [-0.1, -0.05) is 47.6 Å². The molecule has 0 saturated heterocycles. The largest absolute Gasteiger partial charge is 1.00 e. The predicted molar refractivity (Wildman–Crippen MR) is 113 cm³/mol. The van der Waals surface area contributed by atoms with Gasteiger partial charge in [0.2, 0.25) is 0 Å². The standard InChI is InChI=1S/C18H18ClNS.CH3O5P.ClH.3Na/c1-20(2)11-5-7-14-15-6-3-4-8-17(15)21-18-10-9-13(19)12-16(14)18;2-1(3)7(4,5)6;;;;/h3-4,6-10,12H,5,11H2,1-2H3;(H,2,3)(H2,4,5,6);1H;;;/q;;;3*+1/p-3. The molecule has 3 rings (SSSR count). The van der Waals surface area contributed by atoms with Gasteiger partial charge in [-0.3, -0.25) is 0 Å². The molecule has 0 aromatic heterocycles. The molecule has 0 atom stereocenters. The fraction of sp³-hybridized carbons (Fsp3) is 0.211. The monoisotopic (exact) mass is 543 g/mol. The zero-order chi connectivity index (χ0) is 20.9. The Bertz CT molecular complexity index is 960. The maximum absolute atomic E-state index is 9.14. The molecule has 0 spiro atoms. The topological polar surface area (TPSA) is 107 Å². The van der Waals surface area contributed by atoms with E-state index < -0.39 is 13.3 Å². The van der Waals surface area contributed by atoms with Crippen LogP contribution in [0.4, 0.5) is 4.79 Å². The number of nitrogens with zero attached hydrogens (tertiary/aromatic N) is 1. The van der Waals surface area contributed by atoms with Crippen molar-refractivity contribution in [2.24, 2.45) is 0 Å². The Labute approximate surface area is 270 Å². The molecular formula is C19H19Cl2NNa3O5PS. The molecular weight excluding hydrogens is 525 g/mol. The molecule has 0 fully saturated rings. The SMILES string of the molecule is CN(C)CCC=C1c2ccccc2Sc2ccc(Cl)cc21.Cl.O=C([O-])P(=O)([O-])[O-].[Na+].[Na+].[Na+]. The molecule has 0 N–H and O–H groups in total. The summed E-state index contributed by atoms with van der Waals surface area (Å²) in [6.45, 7) is 1.05. The average molecular weight is 544 g/mol. The van der Waals surface area contributed by atoms with E-state index in [1.807, 2.05) is 17.8 Å². The molecule has 0 amide bonds. The first kappa shape index (κ1) is 38.2. The molecule has 2 aromatic rings. The minimum atomic E-state index is -5.43. The van der Waals surface area contributed by atoms with Crippen molar-refractivity contribution in [3.05, 3.63) is 64.7 Å². The zero-order valence-electron chi connectivity index (χ0n) is 18.7. The Kier molecular flexibility index (Phi) is 21.5. The predicted octanol–water partition coefficient (Wildman–Crippen LogP) is -6.13. The number of halogens is 2. The van der Waals surface area contributed by atoms with Gasteiger partial charge in [0.25, 0.3) is 0 Å². The van der Waals surface area contributed by atoms with E-state index in [9.17, 15) is 0 Å². The minimum Gasteiger partial charge on any atom is -0.807 e. The second-order valence-corrected chi connectivity index (χ2v) is 9.09. The third-order valence-corrected chi connectivity index (χ3v) is 5.61. The van der Waals surface area contributed by atoms with Crippen LogP contribution in [0.25, 0.3) is 5.57 Å². The van der Waals surface area contributed by atoms with Crippen LogP contribution in [0.3, 0.4) is 0 Å². The van der Waals surface area contributed by atoms with Crippen LogP contribution in [-0.4, -0.2) is 31.3 Å². The summed E-state index contributed by atoms with van der Waals surface area (Å²) in [7, 11) is -1.22. The molecule has 0 aliphatic carbocycles. The van der Waals surface area contributed by atoms with E-state index in [1.54, 1.807) is 0 Å². The van der Waals surface area contributed by atoms with Gasteiger partial charge in [-0.2, -0.15) is 0 Å². The van der Waals surface area contributed by atoms with Crippen molar-refractivity contribution in [1.29, 1.82) is 0 Å². The van der Waals surface area contributed by atoms with Crippen LogP contribution in [0.2, 0.25) is 5.02 Å². The number of carbonyl (C=O) groups is 1. The van der Waals surface area contributed by atoms with Gasteiger partial charge in [0.05, 0.1) is 5.71 Å². The van der Waals surface area contributed by atoms with Gasteiger partial charge in [-0.15, -0.1) is 12.4 Å². The number of benzene rings is 2. The van der Waals surface area contributed by atoms with E-state index in [-0.39, 0.29) is 101 Å². The summed E-state index contributed by atoms with van der Waals surface area (Å²) < 4.78 is 9.14. The Morgan fingerprint density at radius 2 is 1.59 bits per heavy atom. The van der Waals surface area contributed by atoms with Gasteiger partial charge in [0.15, 0.2) is 0 Å². The fourth-order valence-electron chi connectivity index (χ4n) is 2.53. The quantitative estimate of drug-likeness (QED) is 0.238. The second kappa shape index (κ2) is 18.0. The molecule has 1 aliphatic rings. The summed E-state index contributed by atoms with van der Waals surface area (Å²) in [4.78, 5) is 32.1. The summed E-state index contributed by atoms with van der Waals surface area (Å²) in [5.74, 6) is 0. The Hall–Kier alpha value is 1.69. The third kappa shape index (κ3) is 12.1. The summed E-state index contributed by atoms with van der Waals surface area (Å²) in [5, 5.41) is 9.82. The fourth-order valence-corrected chi connectivity index (χ4v) is 3.79. The van der Waals surface area contributed by atoms with Crippen LogP contribution in [0.15, 0.2) is 58.3 Å². The van der Waals surface area contributed by atoms with E-state index in [1.165, 1.54) is 26.5 Å². The average Bonchev–Trinajstić information content (AvgIpc) is 2.61. The number of rotatable bonds is 4. The van der Waals surface area contributed by atoms with Crippen LogP contribution < -0.4 is 104 Å². The van der Waals surface area contributed by atoms with E-state index in [4.69, 9.17) is 35.9 Å². The van der Waals surface area contributed by atoms with Crippen LogP contribution in [-0.2, 0) is 4.57 Å². The van der Waals surface area contributed by atoms with Crippen LogP contribution in [0, 0.1) is 0 Å². The zero-order valence-corrected chi connectivity index (χ0v) is 27.9. The smallest absolute Gasteiger partial charge is 0.807 e. The number of hydrogen-bond acceptors (Lipinski definition) is 7. The molecule has 0 saturated carbocycles. The van der Waals surface area contributed by atoms with E-state index in [0.717, 1.165) is 18.0 Å². The Morgan fingerprint density at radius 3 is 2.12 bits per heavy atom. The molecule has 158 valence electrons. The van der Waals surface area contributed by atoms with Crippen LogP contribution in [0.5, 0.6) is 0 Å². The molecule has 1 aliphatic heterocycles. The van der Waals surface area contributed by atoms with E-state index >= 15 is 0 Å². The maximum Gasteiger partial charge on any atom is 1.00 e. The van der Waals surface area contributed by atoms with Gasteiger partial charge < -0.3 is 29.2 Å². The van der Waals surface area contributed by atoms with Crippen molar-refractivity contribution < 1.29 is 113 Å². The van der Waals surface area contributed by atoms with Crippen molar-refractivity contribution in [2.45, 2.75) is 16.2 Å². The number of carbonyl (C=O) groups excluding carboxylic acids is 1. The molecule has 1 heterocycles. The van der Waals surface area contributed by atoms with Crippen molar-refractivity contribution in [1.82, 2.24) is 4.90 Å². The van der Waals surface area contributed by atoms with Crippen molar-refractivity contribution in [3.8, 4) is 0 Å². The van der Waals surface area contributed by atoms with Gasteiger partial charge in [0.1, 0.15) is 0 Å². The number of fused-ring (bicyclic) bond motifs is 2. The third-order valence-electron chi connectivity index (χ3n) is 3.78. The van der Waals surface area contributed by atoms with Crippen molar-refractivity contribution in [2.75, 3.05) is 20.6 Å². The van der Waals surface area contributed by atoms with Crippen LogP contribution in [0.1, 0.15) is 17.5 Å². The first-order valence-corrected chi connectivity index (χ1v) is 11.0. The van der Waals surface area contributed by atoms with Crippen LogP contribution >= 0.6 is 43.4 Å². The van der Waals surface area contributed by atoms with Crippen molar-refractivity contribution >= 4 is 54.6 Å². The number of hydrogen-bond donors (Lipinski definition) is 0. The molecule has 0 radical (unpaired) electrons. The first-order valence-electron chi connectivity index (χ1n) is 8.25. The molecule has 0 unspecified atom stereocenters. The maximum atomic E-state index is 9.14. The van der Waals surface area contributed by atoms with Crippen molar-refractivity contribution in [3.63, 3.8) is 0 Å². The summed E-state index contributed by atoms with van der Waals surface area (Å²) in [5.41, 5.74) is 1.32. The molecule has 2 aromatic carbocycles. The molecule has 32 heavy (non-hydrogen) atoms. The summed E-state index contributed by atoms with van der Waals surface area (Å²) in [6, 6.07) is 14.8. The summed E-state index contributed by atoms with van der Waals surface area (Å²) in [6.07, 6.45) is 3.38. The van der Waals surface area contributed by atoms with E-state index in [2.05, 4.69) is 61.5 Å². The summed E-state index contributed by atoms with van der Waals surface area (Å²) >= 11 is 8.03. The second-order valence-electron chi connectivity index (χ2n) is 6.21. The first-order chi connectivity index (χ1) is 13.1. The Balaban J connectivity index is -0.000000676. The van der Waals surface area contributed by atoms with E-state index in [0.29, 0.717) is 0 Å². The number of carboxylic acid groups (broad SMARTS) is 1. The van der Waals surface area contributed by atoms with Gasteiger partial charge in [0, 0.05) is 21.4 Å². The minimum absolute atomic E-state index is 0. The molecule has 0 bridgehead atoms. The van der Waals surface area contributed by atoms with Gasteiger partial charge >= 0.3 is 88.7 Å².